The van der Waals surface area contributed by atoms with Crippen molar-refractivity contribution in [2.24, 2.45) is 5.41 Å². The maximum absolute atomic E-state index is 12.7. The van der Waals surface area contributed by atoms with Crippen LogP contribution in [0.5, 0.6) is 5.75 Å². The topological polar surface area (TPSA) is 97.4 Å². The number of carbonyl (C=O) groups excluding carboxylic acids is 2. The maximum Gasteiger partial charge on any atom is 0.337 e. The molecule has 0 aromatic heterocycles. The molecular formula is C22H33O8P. The fourth-order valence-corrected chi connectivity index (χ4v) is 3.33. The predicted octanol–water partition coefficient (Wildman–Crippen LogP) is 4.17. The zero-order chi connectivity index (χ0) is 23.5. The van der Waals surface area contributed by atoms with Gasteiger partial charge < -0.3 is 23.3 Å². The van der Waals surface area contributed by atoms with E-state index in [0.29, 0.717) is 5.75 Å². The molecule has 8 nitrogen and oxygen atoms in total. The molecule has 0 amide bonds. The number of methoxy groups -OCH3 is 1. The first-order valence-corrected chi connectivity index (χ1v) is 11.6. The van der Waals surface area contributed by atoms with E-state index in [0.717, 1.165) is 5.56 Å². The minimum Gasteiger partial charge on any atom is -0.497 e. The summed E-state index contributed by atoms with van der Waals surface area (Å²) in [6.45, 7) is 5.57. The number of carbonyl (C=O) groups is 2. The molecule has 0 aliphatic carbocycles. The molecule has 0 fully saturated rings. The van der Waals surface area contributed by atoms with Crippen LogP contribution < -0.4 is 4.74 Å². The number of Topliss-reactive ketones (excluding diaryl/α,β-unsaturated/α-hetero) is 1. The van der Waals surface area contributed by atoms with E-state index in [1.807, 2.05) is 12.1 Å². The van der Waals surface area contributed by atoms with Crippen molar-refractivity contribution in [2.75, 3.05) is 34.1 Å². The van der Waals surface area contributed by atoms with Gasteiger partial charge in [-0.25, -0.2) is 0 Å². The van der Waals surface area contributed by atoms with Gasteiger partial charge in [0.1, 0.15) is 24.6 Å². The van der Waals surface area contributed by atoms with Crippen LogP contribution in [0.1, 0.15) is 32.8 Å². The second-order valence-corrected chi connectivity index (χ2v) is 10.1. The van der Waals surface area contributed by atoms with Gasteiger partial charge >= 0.3 is 13.6 Å². The Balaban J connectivity index is 2.76. The van der Waals surface area contributed by atoms with Gasteiger partial charge in [0.25, 0.3) is 0 Å². The molecule has 1 unspecified atom stereocenters. The quantitative estimate of drug-likeness (QED) is 0.248. The average molecular weight is 456 g/mol. The summed E-state index contributed by atoms with van der Waals surface area (Å²) >= 11 is 0. The first-order chi connectivity index (χ1) is 14.5. The Kier molecular flexibility index (Phi) is 11.1. The van der Waals surface area contributed by atoms with Gasteiger partial charge in [-0.15, -0.1) is 0 Å². The molecule has 1 atom stereocenters. The number of rotatable bonds is 13. The maximum atomic E-state index is 12.7. The van der Waals surface area contributed by atoms with Crippen LogP contribution in [-0.2, 0) is 39.3 Å². The van der Waals surface area contributed by atoms with Crippen molar-refractivity contribution >= 4 is 19.3 Å². The average Bonchev–Trinajstić information content (AvgIpc) is 2.74. The summed E-state index contributed by atoms with van der Waals surface area (Å²) < 4.78 is 38.2. The van der Waals surface area contributed by atoms with E-state index in [1.54, 1.807) is 52.2 Å². The Bertz CT molecular complexity index is 772. The Labute approximate surface area is 184 Å². The molecule has 1 aromatic rings. The van der Waals surface area contributed by atoms with E-state index in [-0.39, 0.29) is 25.6 Å². The summed E-state index contributed by atoms with van der Waals surface area (Å²) in [5.74, 6) is -0.0104. The van der Waals surface area contributed by atoms with Gasteiger partial charge in [0.15, 0.2) is 5.78 Å². The Morgan fingerprint density at radius 3 is 2.16 bits per heavy atom. The molecule has 0 spiro atoms. The first kappa shape index (κ1) is 27.0. The van der Waals surface area contributed by atoms with Crippen LogP contribution in [0.2, 0.25) is 0 Å². The SMILES string of the molecule is COc1ccc(COC(CC=CCOC(=O)C(C)(C)C)C(=O)CP(=O)(OC)OC)cc1. The molecule has 0 radical (unpaired) electrons. The van der Waals surface area contributed by atoms with E-state index in [4.69, 9.17) is 23.3 Å². The molecule has 0 saturated heterocycles. The second kappa shape index (κ2) is 12.8. The lowest BCUT2D eigenvalue weighted by Crippen LogP contribution is -2.27. The number of ether oxygens (including phenoxy) is 3. The largest absolute Gasteiger partial charge is 0.497 e. The minimum absolute atomic E-state index is 0.0874. The van der Waals surface area contributed by atoms with Crippen molar-refractivity contribution < 1.29 is 37.4 Å². The van der Waals surface area contributed by atoms with Crippen LogP contribution in [0.15, 0.2) is 36.4 Å². The highest BCUT2D eigenvalue weighted by molar-refractivity contribution is 7.54. The predicted molar refractivity (Wildman–Crippen MR) is 117 cm³/mol. The van der Waals surface area contributed by atoms with Gasteiger partial charge in [0.2, 0.25) is 0 Å². The molecular weight excluding hydrogens is 423 g/mol. The third-order valence-electron chi connectivity index (χ3n) is 4.32. The van der Waals surface area contributed by atoms with Crippen LogP contribution in [-0.4, -0.2) is 52.0 Å². The lowest BCUT2D eigenvalue weighted by Gasteiger charge is -2.19. The highest BCUT2D eigenvalue weighted by Crippen LogP contribution is 2.46. The summed E-state index contributed by atoms with van der Waals surface area (Å²) in [4.78, 5) is 24.5. The van der Waals surface area contributed by atoms with Gasteiger partial charge in [0.05, 0.1) is 19.1 Å². The Morgan fingerprint density at radius 1 is 1.03 bits per heavy atom. The monoisotopic (exact) mass is 456 g/mol. The van der Waals surface area contributed by atoms with Crippen molar-refractivity contribution in [3.05, 3.63) is 42.0 Å². The zero-order valence-electron chi connectivity index (χ0n) is 19.1. The van der Waals surface area contributed by atoms with E-state index >= 15 is 0 Å². The third kappa shape index (κ3) is 9.78. The number of esters is 1. The van der Waals surface area contributed by atoms with E-state index in [2.05, 4.69) is 0 Å². The molecule has 0 heterocycles. The fraction of sp³-hybridized carbons (Fsp3) is 0.545. The van der Waals surface area contributed by atoms with E-state index in [1.165, 1.54) is 14.2 Å². The molecule has 0 N–H and O–H groups in total. The van der Waals surface area contributed by atoms with Crippen molar-refractivity contribution in [1.29, 1.82) is 0 Å². The summed E-state index contributed by atoms with van der Waals surface area (Å²) in [6, 6.07) is 7.25. The molecule has 9 heteroatoms. The number of hydrogen-bond donors (Lipinski definition) is 0. The second-order valence-electron chi connectivity index (χ2n) is 7.80. The highest BCUT2D eigenvalue weighted by atomic mass is 31.2. The Morgan fingerprint density at radius 2 is 1.65 bits per heavy atom. The van der Waals surface area contributed by atoms with Crippen LogP contribution in [0.25, 0.3) is 0 Å². The zero-order valence-corrected chi connectivity index (χ0v) is 20.0. The summed E-state index contributed by atoms with van der Waals surface area (Å²) in [5.41, 5.74) is 0.262. The first-order valence-electron chi connectivity index (χ1n) is 9.84. The smallest absolute Gasteiger partial charge is 0.337 e. The summed E-state index contributed by atoms with van der Waals surface area (Å²) in [7, 11) is 0.526. The minimum atomic E-state index is -3.51. The number of benzene rings is 1. The van der Waals surface area contributed by atoms with E-state index in [9.17, 15) is 14.2 Å². The standard InChI is InChI=1S/C22H33O8P/c1-22(2,3)21(24)29-14-8-7-9-20(19(23)16-31(25,27-5)28-6)30-15-17-10-12-18(26-4)13-11-17/h7-8,10-13,20H,9,14-16H2,1-6H3. The molecule has 174 valence electrons. The molecule has 1 aromatic carbocycles. The van der Waals surface area contributed by atoms with Gasteiger partial charge in [-0.3, -0.25) is 14.2 Å². The van der Waals surface area contributed by atoms with Crippen LogP contribution in [0, 0.1) is 5.41 Å². The normalized spacial score (nSPS) is 13.2. The fourth-order valence-electron chi connectivity index (χ4n) is 2.34. The van der Waals surface area contributed by atoms with Gasteiger partial charge in [-0.1, -0.05) is 24.3 Å². The van der Waals surface area contributed by atoms with Crippen molar-refractivity contribution in [1.82, 2.24) is 0 Å². The van der Waals surface area contributed by atoms with Crippen LogP contribution >= 0.6 is 7.60 Å². The van der Waals surface area contributed by atoms with Gasteiger partial charge in [-0.2, -0.15) is 0 Å². The van der Waals surface area contributed by atoms with Crippen molar-refractivity contribution in [3.8, 4) is 5.75 Å². The van der Waals surface area contributed by atoms with Crippen molar-refractivity contribution in [3.63, 3.8) is 0 Å². The Hall–Kier alpha value is -1.99. The third-order valence-corrected chi connectivity index (χ3v) is 6.13. The molecule has 0 aliphatic rings. The molecule has 0 bridgehead atoms. The van der Waals surface area contributed by atoms with Crippen LogP contribution in [0.3, 0.4) is 0 Å². The number of ketones is 1. The molecule has 1 rings (SSSR count). The number of hydrogen-bond acceptors (Lipinski definition) is 8. The molecule has 31 heavy (non-hydrogen) atoms. The summed E-state index contributed by atoms with van der Waals surface area (Å²) in [5, 5.41) is 0. The van der Waals surface area contributed by atoms with E-state index < -0.39 is 31.1 Å². The molecule has 0 aliphatic heterocycles. The van der Waals surface area contributed by atoms with Gasteiger partial charge in [0, 0.05) is 14.2 Å². The lowest BCUT2D eigenvalue weighted by molar-refractivity contribution is -0.151. The van der Waals surface area contributed by atoms with Crippen molar-refractivity contribution in [2.45, 2.75) is 39.9 Å². The molecule has 0 saturated carbocycles. The lowest BCUT2D eigenvalue weighted by atomic mass is 9.97. The van der Waals surface area contributed by atoms with Crippen LogP contribution in [0.4, 0.5) is 0 Å². The highest BCUT2D eigenvalue weighted by Gasteiger charge is 2.30. The summed E-state index contributed by atoms with van der Waals surface area (Å²) in [6.07, 6.45) is 2.29. The van der Waals surface area contributed by atoms with Gasteiger partial charge in [-0.05, 0) is 44.9 Å².